The molecular formula is C41H59Cl2O2PRu. The first-order valence-corrected chi connectivity index (χ1v) is 25.5. The molecule has 4 aliphatic carbocycles. The number of hydrogen-bond acceptors (Lipinski definition) is 2. The summed E-state index contributed by atoms with van der Waals surface area (Å²) in [4.78, 5) is 0. The third-order valence-corrected chi connectivity index (χ3v) is 17.7. The number of hydrogen-bond donors (Lipinski definition) is 0. The van der Waals surface area contributed by atoms with Gasteiger partial charge in [-0.3, -0.25) is 0 Å². The fourth-order valence-electron chi connectivity index (χ4n) is 8.59. The molecule has 0 atom stereocenters. The number of fused-ring (bicyclic) bond motifs is 1. The summed E-state index contributed by atoms with van der Waals surface area (Å²) in [5.74, 6) is 1.58. The van der Waals surface area contributed by atoms with Crippen molar-refractivity contribution in [2.45, 2.75) is 167 Å². The van der Waals surface area contributed by atoms with Crippen molar-refractivity contribution < 1.29 is 23.0 Å². The first-order chi connectivity index (χ1) is 22.6. The summed E-state index contributed by atoms with van der Waals surface area (Å²) in [6.07, 6.45) is 25.9. The van der Waals surface area contributed by atoms with Crippen LogP contribution in [0.4, 0.5) is 0 Å². The minimum atomic E-state index is -2.15. The van der Waals surface area contributed by atoms with E-state index in [0.717, 1.165) is 32.3 Å². The van der Waals surface area contributed by atoms with Crippen molar-refractivity contribution in [3.8, 4) is 11.5 Å². The summed E-state index contributed by atoms with van der Waals surface area (Å²) in [5.41, 5.74) is 10.5. The molecule has 0 heterocycles. The Kier molecular flexibility index (Phi) is 14.4. The molecular weight excluding hydrogens is 727 g/mol. The Morgan fingerprint density at radius 1 is 0.660 bits per heavy atom. The molecule has 0 N–H and O–H groups in total. The second-order valence-electron chi connectivity index (χ2n) is 14.8. The van der Waals surface area contributed by atoms with E-state index in [9.17, 15) is 0 Å². The van der Waals surface area contributed by atoms with E-state index in [1.807, 2.05) is 33.8 Å². The zero-order chi connectivity index (χ0) is 33.5. The molecule has 47 heavy (non-hydrogen) atoms. The zero-order valence-electron chi connectivity index (χ0n) is 29.8. The van der Waals surface area contributed by atoms with Gasteiger partial charge in [0.1, 0.15) is 0 Å². The predicted molar refractivity (Wildman–Crippen MR) is 204 cm³/mol. The zero-order valence-corrected chi connectivity index (χ0v) is 34.0. The predicted octanol–water partition coefficient (Wildman–Crippen LogP) is 13.2. The molecule has 0 saturated heterocycles. The molecule has 2 aromatic rings. The molecule has 0 unspecified atom stereocenters. The van der Waals surface area contributed by atoms with Gasteiger partial charge in [0.25, 0.3) is 0 Å². The van der Waals surface area contributed by atoms with Crippen LogP contribution in [0.1, 0.15) is 152 Å². The molecule has 6 heteroatoms. The van der Waals surface area contributed by atoms with Crippen molar-refractivity contribution in [2.75, 3.05) is 0 Å². The quantitative estimate of drug-likeness (QED) is 0.196. The number of ether oxygens (including phenoxy) is 2. The van der Waals surface area contributed by atoms with Gasteiger partial charge in [-0.1, -0.05) is 65.7 Å². The first-order valence-electron chi connectivity index (χ1n) is 18.6. The van der Waals surface area contributed by atoms with Gasteiger partial charge in [0.15, 0.2) is 0 Å². The Morgan fingerprint density at radius 2 is 1.13 bits per heavy atom. The minimum absolute atomic E-state index is 0.0372. The number of aryl methyl sites for hydroxylation is 2. The fraction of sp³-hybridized carbons (Fsp3) is 0.634. The van der Waals surface area contributed by atoms with Crippen molar-refractivity contribution in [3.05, 3.63) is 64.2 Å². The van der Waals surface area contributed by atoms with Crippen molar-refractivity contribution in [3.63, 3.8) is 0 Å². The fourth-order valence-corrected chi connectivity index (χ4v) is 15.7. The van der Waals surface area contributed by atoms with Gasteiger partial charge in [-0.2, -0.15) is 0 Å². The van der Waals surface area contributed by atoms with E-state index in [-0.39, 0.29) is 12.2 Å². The molecule has 0 spiro atoms. The third kappa shape index (κ3) is 9.75. The Morgan fingerprint density at radius 3 is 1.55 bits per heavy atom. The van der Waals surface area contributed by atoms with Gasteiger partial charge in [0.2, 0.25) is 0 Å². The Bertz CT molecular complexity index is 1330. The average molecular weight is 787 g/mol. The summed E-state index contributed by atoms with van der Waals surface area (Å²) >= 11 is -2.15. The normalized spacial score (nSPS) is 19.9. The molecule has 0 amide bonds. The van der Waals surface area contributed by atoms with Gasteiger partial charge < -0.3 is 0 Å². The van der Waals surface area contributed by atoms with Gasteiger partial charge in [-0.05, 0) is 55.5 Å². The SMILES string of the molecule is C1CCC(P(C2CCCCC2)C2CCCCC2)CC1.Cc1cccc(C)c1C1=C[C](=[Ru]([Cl])[Cl])c2c(OC(C)C)cc(OC(C)C)cc21. The Balaban J connectivity index is 0.000000198. The maximum absolute atomic E-state index is 6.52. The van der Waals surface area contributed by atoms with Crippen LogP contribution in [0.3, 0.4) is 0 Å². The molecule has 0 radical (unpaired) electrons. The third-order valence-electron chi connectivity index (χ3n) is 10.5. The van der Waals surface area contributed by atoms with Crippen LogP contribution in [0.2, 0.25) is 0 Å². The topological polar surface area (TPSA) is 18.5 Å². The van der Waals surface area contributed by atoms with Gasteiger partial charge in [-0.25, -0.2) is 0 Å². The van der Waals surface area contributed by atoms with E-state index in [4.69, 9.17) is 28.9 Å². The van der Waals surface area contributed by atoms with Crippen LogP contribution in [0.25, 0.3) is 5.57 Å². The number of rotatable bonds is 8. The van der Waals surface area contributed by atoms with E-state index in [1.165, 1.54) is 52.9 Å². The number of allylic oxidation sites excluding steroid dienone is 1. The molecule has 262 valence electrons. The van der Waals surface area contributed by atoms with Crippen molar-refractivity contribution >= 4 is 37.0 Å². The van der Waals surface area contributed by atoms with Crippen LogP contribution in [0, 0.1) is 13.8 Å². The van der Waals surface area contributed by atoms with E-state index < -0.39 is 13.5 Å². The van der Waals surface area contributed by atoms with Crippen LogP contribution in [0.15, 0.2) is 36.4 Å². The Labute approximate surface area is 301 Å². The molecule has 2 aromatic carbocycles. The van der Waals surface area contributed by atoms with Gasteiger partial charge in [0, 0.05) is 0 Å². The maximum atomic E-state index is 6.52. The van der Waals surface area contributed by atoms with E-state index in [1.54, 1.807) is 77.0 Å². The molecule has 6 rings (SSSR count). The van der Waals surface area contributed by atoms with Crippen molar-refractivity contribution in [1.82, 2.24) is 0 Å². The standard InChI is InChI=1S/C23H26O2.C18H33P.2ClH.Ru/c1-14(2)24-18-12-21-19(22(13-18)25-15(3)4)10-11-20(21)23-16(5)8-7-9-17(23)6;1-4-10-16(11-5-1)19(17-12-6-2-7-13-17)18-14-8-3-9-15-18;;;/h7-9,11-15H,1-6H3;16-18H,1-15H2;2*1H;/q;;;;+2/p-2. The van der Waals surface area contributed by atoms with Crippen LogP contribution in [0.5, 0.6) is 11.5 Å². The van der Waals surface area contributed by atoms with Crippen LogP contribution in [-0.4, -0.2) is 33.3 Å². The summed E-state index contributed by atoms with van der Waals surface area (Å²) in [5, 5.41) is 0. The summed E-state index contributed by atoms with van der Waals surface area (Å²) in [6, 6.07) is 10.4. The van der Waals surface area contributed by atoms with E-state index in [0.29, 0.717) is 7.92 Å². The van der Waals surface area contributed by atoms with Crippen LogP contribution in [-0.2, 0) is 13.5 Å². The number of benzene rings is 2. The molecule has 4 aliphatic rings. The van der Waals surface area contributed by atoms with Gasteiger partial charge >= 0.3 is 182 Å². The average Bonchev–Trinajstić information content (AvgIpc) is 3.42. The van der Waals surface area contributed by atoms with Gasteiger partial charge in [0.05, 0.1) is 0 Å². The molecule has 0 aliphatic heterocycles. The molecule has 2 nitrogen and oxygen atoms in total. The van der Waals surface area contributed by atoms with Crippen LogP contribution >= 0.6 is 27.3 Å². The van der Waals surface area contributed by atoms with Gasteiger partial charge in [-0.15, -0.1) is 0 Å². The van der Waals surface area contributed by atoms with E-state index >= 15 is 0 Å². The summed E-state index contributed by atoms with van der Waals surface area (Å²) in [6.45, 7) is 12.4. The monoisotopic (exact) mass is 786 g/mol. The number of halogens is 2. The van der Waals surface area contributed by atoms with Crippen LogP contribution < -0.4 is 9.47 Å². The van der Waals surface area contributed by atoms with E-state index in [2.05, 4.69) is 44.2 Å². The Hall–Kier alpha value is -0.717. The van der Waals surface area contributed by atoms with Crippen molar-refractivity contribution in [1.29, 1.82) is 0 Å². The van der Waals surface area contributed by atoms with Crippen molar-refractivity contribution in [2.24, 2.45) is 0 Å². The molecule has 3 saturated carbocycles. The second kappa shape index (κ2) is 18.0. The first kappa shape index (κ1) is 37.5. The molecule has 0 aromatic heterocycles. The second-order valence-corrected chi connectivity index (χ2v) is 23.7. The molecule has 3 fully saturated rings. The summed E-state index contributed by atoms with van der Waals surface area (Å²) in [7, 11) is 13.4. The summed E-state index contributed by atoms with van der Waals surface area (Å²) < 4.78 is 13.2. The molecule has 0 bridgehead atoms.